The Balaban J connectivity index is 0.00000600. The number of hydrogen-bond donors (Lipinski definition) is 3. The molecule has 0 spiro atoms. The number of anilines is 1. The topological polar surface area (TPSA) is 115 Å². The molecule has 7 nitrogen and oxygen atoms in total. The number of carbonyl (C=O) groups is 2. The first-order valence-corrected chi connectivity index (χ1v) is 13.2. The van der Waals surface area contributed by atoms with Gasteiger partial charge in [-0.15, -0.1) is 0 Å². The number of aromatic nitrogens is 1. The maximum Gasteiger partial charge on any atom is 1.00 e. The van der Waals surface area contributed by atoms with Crippen LogP contribution in [0.4, 0.5) is 10.1 Å². The summed E-state index contributed by atoms with van der Waals surface area (Å²) in [5.74, 6) is -3.30. The summed E-state index contributed by atoms with van der Waals surface area (Å²) in [6.07, 6.45) is -3.63. The maximum atomic E-state index is 15.7. The van der Waals surface area contributed by atoms with Gasteiger partial charge in [0.25, 0.3) is 5.91 Å². The van der Waals surface area contributed by atoms with Crippen molar-refractivity contribution in [2.24, 2.45) is 0 Å². The number of amides is 1. The number of para-hydroxylation sites is 1. The zero-order chi connectivity index (χ0) is 33.9. The maximum absolute atomic E-state index is 15.7. The number of carbonyl (C=O) groups excluding carboxylic acids is 2. The quantitative estimate of drug-likeness (QED) is 0.220. The average molecular weight is 586 g/mol. The molecule has 1 heterocycles. The van der Waals surface area contributed by atoms with Crippen LogP contribution in [0, 0.1) is 5.82 Å². The zero-order valence-corrected chi connectivity index (χ0v) is 25.7. The van der Waals surface area contributed by atoms with Crippen molar-refractivity contribution in [2.75, 3.05) is 5.32 Å². The molecule has 42 heavy (non-hydrogen) atoms. The van der Waals surface area contributed by atoms with E-state index in [0.29, 0.717) is 11.4 Å². The minimum atomic E-state index is -1.48. The second kappa shape index (κ2) is 15.3. The van der Waals surface area contributed by atoms with Crippen molar-refractivity contribution in [3.8, 4) is 22.4 Å². The molecule has 4 aromatic rings. The fourth-order valence-electron chi connectivity index (χ4n) is 4.95. The summed E-state index contributed by atoms with van der Waals surface area (Å²) in [5.41, 5.74) is 0.390. The first kappa shape index (κ1) is 26.4. The molecule has 0 radical (unpaired) electrons. The Kier molecular flexibility index (Phi) is 9.59. The monoisotopic (exact) mass is 585 g/mol. The molecular formula is C33H34FN2NaO5. The van der Waals surface area contributed by atoms with Gasteiger partial charge in [-0.1, -0.05) is 74.4 Å². The van der Waals surface area contributed by atoms with Gasteiger partial charge < -0.3 is 30.0 Å². The Hall–Kier alpha value is -3.27. The molecule has 0 aliphatic rings. The fraction of sp³-hybridized carbons (Fsp3) is 0.273. The van der Waals surface area contributed by atoms with Gasteiger partial charge in [-0.05, 0) is 48.6 Å². The molecule has 0 aliphatic heterocycles. The van der Waals surface area contributed by atoms with E-state index in [-0.39, 0.29) is 76.9 Å². The van der Waals surface area contributed by atoms with E-state index in [1.807, 2.05) is 0 Å². The summed E-state index contributed by atoms with van der Waals surface area (Å²) in [6, 6.07) is 11.1. The van der Waals surface area contributed by atoms with Crippen LogP contribution in [0.25, 0.3) is 22.4 Å². The number of halogens is 1. The van der Waals surface area contributed by atoms with Crippen molar-refractivity contribution >= 4 is 17.6 Å². The van der Waals surface area contributed by atoms with E-state index in [4.69, 9.17) is 6.85 Å². The first-order valence-electron chi connectivity index (χ1n) is 15.7. The predicted octanol–water partition coefficient (Wildman–Crippen LogP) is 1.98. The molecule has 0 bridgehead atoms. The molecule has 0 unspecified atom stereocenters. The third-order valence-corrected chi connectivity index (χ3v) is 6.62. The van der Waals surface area contributed by atoms with Gasteiger partial charge in [0.15, 0.2) is 0 Å². The Labute approximate surface area is 274 Å². The van der Waals surface area contributed by atoms with Gasteiger partial charge in [0.1, 0.15) is 5.82 Å². The normalized spacial score (nSPS) is 14.1. The predicted molar refractivity (Wildman–Crippen MR) is 155 cm³/mol. The fourth-order valence-corrected chi connectivity index (χ4v) is 4.95. The molecule has 4 rings (SSSR count). The number of benzene rings is 3. The Morgan fingerprint density at radius 1 is 1.00 bits per heavy atom. The van der Waals surface area contributed by atoms with Crippen molar-refractivity contribution in [1.82, 2.24) is 4.57 Å². The minimum Gasteiger partial charge on any atom is -0.550 e. The minimum absolute atomic E-state index is 0. The summed E-state index contributed by atoms with van der Waals surface area (Å²) in [5, 5.41) is 34.6. The molecule has 1 amide bonds. The SMILES string of the molecule is [2H]c1c([2H])c([2H])c(-c2c(C(=O)Nc3ccccc3)c(C(C)C)n(CC[C@@H](O)C[C@@H](O)CC(=O)[O-])c2-c2ccccc2F)c([2H])c1[2H].[Na+]. The van der Waals surface area contributed by atoms with Gasteiger partial charge in [0.2, 0.25) is 0 Å². The van der Waals surface area contributed by atoms with Crippen LogP contribution in [0.3, 0.4) is 0 Å². The van der Waals surface area contributed by atoms with Gasteiger partial charge in [0, 0.05) is 41.4 Å². The van der Waals surface area contributed by atoms with Crippen LogP contribution < -0.4 is 40.0 Å². The number of carboxylic acid groups (broad SMARTS) is 1. The Bertz CT molecular complexity index is 1740. The van der Waals surface area contributed by atoms with Crippen molar-refractivity contribution in [3.63, 3.8) is 0 Å². The molecule has 214 valence electrons. The second-order valence-corrected chi connectivity index (χ2v) is 10.00. The van der Waals surface area contributed by atoms with E-state index in [1.165, 1.54) is 18.2 Å². The van der Waals surface area contributed by atoms with Gasteiger partial charge in [-0.25, -0.2) is 4.39 Å². The van der Waals surface area contributed by atoms with Crippen LogP contribution in [0.5, 0.6) is 0 Å². The van der Waals surface area contributed by atoms with Crippen LogP contribution in [0.2, 0.25) is 0 Å². The molecular weight excluding hydrogens is 546 g/mol. The van der Waals surface area contributed by atoms with Crippen molar-refractivity contribution in [3.05, 3.63) is 102 Å². The molecule has 2 atom stereocenters. The second-order valence-electron chi connectivity index (χ2n) is 10.00. The summed E-state index contributed by atoms with van der Waals surface area (Å²) in [6.45, 7) is 3.49. The van der Waals surface area contributed by atoms with E-state index in [1.54, 1.807) is 54.8 Å². The number of aliphatic carboxylic acids is 1. The molecule has 3 aromatic carbocycles. The number of aliphatic hydroxyl groups is 2. The van der Waals surface area contributed by atoms with Crippen LogP contribution in [0.1, 0.15) is 61.9 Å². The summed E-state index contributed by atoms with van der Waals surface area (Å²) < 4.78 is 59.8. The first-order chi connectivity index (χ1) is 21.7. The van der Waals surface area contributed by atoms with Crippen LogP contribution in [0.15, 0.2) is 84.8 Å². The Morgan fingerprint density at radius 3 is 2.26 bits per heavy atom. The summed E-state index contributed by atoms with van der Waals surface area (Å²) in [4.78, 5) is 25.2. The van der Waals surface area contributed by atoms with E-state index in [0.717, 1.165) is 0 Å². The molecule has 0 aliphatic carbocycles. The molecule has 1 aromatic heterocycles. The van der Waals surface area contributed by atoms with E-state index >= 15 is 4.39 Å². The third-order valence-electron chi connectivity index (χ3n) is 6.62. The number of nitrogens with one attached hydrogen (secondary N) is 1. The van der Waals surface area contributed by atoms with Crippen molar-refractivity contribution < 1.29 is 65.7 Å². The largest absolute Gasteiger partial charge is 1.00 e. The van der Waals surface area contributed by atoms with Crippen molar-refractivity contribution in [1.29, 1.82) is 0 Å². The molecule has 9 heteroatoms. The molecule has 3 N–H and O–H groups in total. The van der Waals surface area contributed by atoms with Crippen LogP contribution in [-0.2, 0) is 11.3 Å². The number of carboxylic acids is 1. The van der Waals surface area contributed by atoms with E-state index in [2.05, 4.69) is 5.32 Å². The number of aliphatic hydroxyl groups excluding tert-OH is 2. The molecule has 0 saturated carbocycles. The van der Waals surface area contributed by atoms with Crippen LogP contribution >= 0.6 is 0 Å². The van der Waals surface area contributed by atoms with Gasteiger partial charge in [0.05, 0.1) is 30.3 Å². The van der Waals surface area contributed by atoms with E-state index < -0.39 is 72.5 Å². The smallest absolute Gasteiger partial charge is 0.550 e. The average Bonchev–Trinajstić information content (AvgIpc) is 3.33. The zero-order valence-electron chi connectivity index (χ0n) is 28.7. The standard InChI is InChI=1S/C33H35FN2O5.Na/c1-21(2)31-30(33(41)35-23-13-7-4-8-14-23)29(22-11-5-3-6-12-22)32(26-15-9-10-16-27(26)34)36(31)18-17-24(37)19-25(38)20-28(39)40;/h3-16,21,24-25,37-38H,17-20H2,1-2H3,(H,35,41)(H,39,40);/q;+1/p-1/t24-,25-;/m1./s1/i3D,5D,6D,11D,12D;. The van der Waals surface area contributed by atoms with Gasteiger partial charge in [-0.3, -0.25) is 4.79 Å². The molecule has 0 fully saturated rings. The number of rotatable bonds is 12. The Morgan fingerprint density at radius 2 is 1.64 bits per heavy atom. The number of nitrogens with zero attached hydrogens (tertiary/aromatic N) is 1. The molecule has 0 saturated heterocycles. The van der Waals surface area contributed by atoms with Crippen LogP contribution in [-0.4, -0.2) is 38.9 Å². The number of hydrogen-bond acceptors (Lipinski definition) is 5. The third kappa shape index (κ3) is 7.96. The summed E-state index contributed by atoms with van der Waals surface area (Å²) >= 11 is 0. The van der Waals surface area contributed by atoms with E-state index in [9.17, 15) is 24.9 Å². The van der Waals surface area contributed by atoms with Gasteiger partial charge >= 0.3 is 29.6 Å². The van der Waals surface area contributed by atoms with Crippen molar-refractivity contribution in [2.45, 2.75) is 57.8 Å². The van der Waals surface area contributed by atoms with Gasteiger partial charge in [-0.2, -0.15) is 0 Å². The summed E-state index contributed by atoms with van der Waals surface area (Å²) in [7, 11) is 0.